The Labute approximate surface area is 209 Å². The Kier molecular flexibility index (Phi) is 8.86. The highest BCUT2D eigenvalue weighted by molar-refractivity contribution is 6.33. The van der Waals surface area contributed by atoms with Crippen LogP contribution in [0, 0.1) is 0 Å². The maximum Gasteiger partial charge on any atom is 0.225 e. The fourth-order valence-electron chi connectivity index (χ4n) is 3.96. The average molecular weight is 501 g/mol. The van der Waals surface area contributed by atoms with Gasteiger partial charge in [0.1, 0.15) is 11.5 Å². The molecule has 0 atom stereocenters. The predicted molar refractivity (Wildman–Crippen MR) is 134 cm³/mol. The zero-order chi connectivity index (χ0) is 26.4. The van der Waals surface area contributed by atoms with E-state index in [-0.39, 0.29) is 59.2 Å². The number of rotatable bonds is 12. The summed E-state index contributed by atoms with van der Waals surface area (Å²) in [5.41, 5.74) is 0.564. The first-order valence-corrected chi connectivity index (χ1v) is 11.5. The van der Waals surface area contributed by atoms with Crippen molar-refractivity contribution in [1.29, 1.82) is 0 Å². The number of phenols is 2. The lowest BCUT2D eigenvalue weighted by Crippen LogP contribution is -2.33. The van der Waals surface area contributed by atoms with E-state index in [2.05, 4.69) is 16.0 Å². The van der Waals surface area contributed by atoms with E-state index in [1.54, 1.807) is 12.1 Å². The minimum atomic E-state index is -0.648. The maximum atomic E-state index is 13.5. The first-order valence-electron chi connectivity index (χ1n) is 11.5. The molecule has 0 fully saturated rings. The molecular formula is C25H32N4O7. The quantitative estimate of drug-likeness (QED) is 0.140. The third-order valence-electron chi connectivity index (χ3n) is 5.79. The zero-order valence-corrected chi connectivity index (χ0v) is 20.8. The monoisotopic (exact) mass is 500 g/mol. The molecule has 2 aromatic rings. The van der Waals surface area contributed by atoms with Crippen molar-refractivity contribution >= 4 is 28.8 Å². The Balaban J connectivity index is 1.87. The summed E-state index contributed by atoms with van der Waals surface area (Å²) in [7, 11) is 6.72. The predicted octanol–water partition coefficient (Wildman–Crippen LogP) is 1.38. The Hall–Kier alpha value is -3.67. The van der Waals surface area contributed by atoms with Gasteiger partial charge in [0, 0.05) is 51.8 Å². The molecule has 0 unspecified atom stereocenters. The molecule has 0 aliphatic heterocycles. The molecule has 36 heavy (non-hydrogen) atoms. The van der Waals surface area contributed by atoms with Gasteiger partial charge in [-0.2, -0.15) is 0 Å². The van der Waals surface area contributed by atoms with Crippen LogP contribution in [0.15, 0.2) is 24.3 Å². The topological polar surface area (TPSA) is 149 Å². The van der Waals surface area contributed by atoms with E-state index in [0.29, 0.717) is 24.5 Å². The molecule has 5 N–H and O–H groups in total. The van der Waals surface area contributed by atoms with E-state index in [4.69, 9.17) is 9.47 Å². The molecule has 3 rings (SSSR count). The molecule has 1 amide bonds. The molecule has 0 heterocycles. The normalized spacial score (nSPS) is 12.5. The van der Waals surface area contributed by atoms with Crippen LogP contribution in [0.2, 0.25) is 0 Å². The van der Waals surface area contributed by atoms with E-state index in [9.17, 15) is 24.6 Å². The number of anilines is 2. The molecule has 1 aliphatic carbocycles. The summed E-state index contributed by atoms with van der Waals surface area (Å²) in [6.07, 6.45) is -0.618. The lowest BCUT2D eigenvalue weighted by atomic mass is 9.81. The molecule has 0 aromatic heterocycles. The van der Waals surface area contributed by atoms with Crippen molar-refractivity contribution in [2.24, 2.45) is 0 Å². The van der Waals surface area contributed by atoms with Crippen LogP contribution in [0.1, 0.15) is 38.3 Å². The van der Waals surface area contributed by atoms with E-state index in [1.165, 1.54) is 26.4 Å². The van der Waals surface area contributed by atoms with Crippen molar-refractivity contribution in [3.63, 3.8) is 0 Å². The van der Waals surface area contributed by atoms with E-state index in [0.717, 1.165) is 0 Å². The minimum Gasteiger partial charge on any atom is -0.507 e. The number of amides is 1. The summed E-state index contributed by atoms with van der Waals surface area (Å²) in [6.45, 7) is 1.70. The number of likely N-dealkylation sites (N-methyl/N-ethyl adjacent to an activating group) is 1. The van der Waals surface area contributed by atoms with Crippen molar-refractivity contribution in [2.75, 3.05) is 65.1 Å². The third kappa shape index (κ3) is 5.76. The number of carbonyl (C=O) groups is 3. The van der Waals surface area contributed by atoms with Gasteiger partial charge in [-0.3, -0.25) is 14.4 Å². The summed E-state index contributed by atoms with van der Waals surface area (Å²) in [4.78, 5) is 41.0. The number of hydrogen-bond acceptors (Lipinski definition) is 10. The lowest BCUT2D eigenvalue weighted by Gasteiger charge is -2.25. The molecule has 0 spiro atoms. The summed E-state index contributed by atoms with van der Waals surface area (Å²) >= 11 is 0. The summed E-state index contributed by atoms with van der Waals surface area (Å²) in [6, 6.07) is 5.72. The number of fused-ring (bicyclic) bond motifs is 2. The smallest absolute Gasteiger partial charge is 0.225 e. The highest BCUT2D eigenvalue weighted by Crippen LogP contribution is 2.42. The van der Waals surface area contributed by atoms with Crippen LogP contribution >= 0.6 is 0 Å². The van der Waals surface area contributed by atoms with Gasteiger partial charge in [0.15, 0.2) is 6.29 Å². The molecular weight excluding hydrogens is 468 g/mol. The van der Waals surface area contributed by atoms with Gasteiger partial charge >= 0.3 is 0 Å². The van der Waals surface area contributed by atoms with Crippen LogP contribution in [0.4, 0.5) is 11.4 Å². The van der Waals surface area contributed by atoms with Crippen LogP contribution in [0.5, 0.6) is 11.5 Å². The van der Waals surface area contributed by atoms with Gasteiger partial charge in [-0.05, 0) is 38.4 Å². The van der Waals surface area contributed by atoms with Gasteiger partial charge in [-0.15, -0.1) is 0 Å². The van der Waals surface area contributed by atoms with Crippen LogP contribution in [-0.2, 0) is 14.3 Å². The fourth-order valence-corrected chi connectivity index (χ4v) is 3.96. The molecule has 0 bridgehead atoms. The Morgan fingerprint density at radius 1 is 0.833 bits per heavy atom. The first-order chi connectivity index (χ1) is 17.2. The second kappa shape index (κ2) is 11.8. The van der Waals surface area contributed by atoms with Gasteiger partial charge < -0.3 is 40.5 Å². The van der Waals surface area contributed by atoms with Crippen molar-refractivity contribution in [3.05, 3.63) is 46.5 Å². The number of ether oxygens (including phenoxy) is 2. The standard InChI is InChI=1S/C25H32N4O7/c1-29(2)12-11-27-15-6-5-14(26-9-10-28-18(32)13-19(35-3)36-4)20-21(15)25(34)23-17(31)8-7-16(30)22(23)24(20)33/h5-8,19,26-27,30-31H,9-13H2,1-4H3,(H,28,32). The van der Waals surface area contributed by atoms with E-state index < -0.39 is 17.9 Å². The largest absolute Gasteiger partial charge is 0.507 e. The number of carbonyl (C=O) groups excluding carboxylic acids is 3. The highest BCUT2D eigenvalue weighted by Gasteiger charge is 2.37. The number of nitrogens with zero attached hydrogens (tertiary/aromatic N) is 1. The zero-order valence-electron chi connectivity index (χ0n) is 20.8. The number of methoxy groups -OCH3 is 2. The number of ketones is 2. The number of benzene rings is 2. The second-order valence-corrected chi connectivity index (χ2v) is 8.53. The minimum absolute atomic E-state index is 0.0300. The van der Waals surface area contributed by atoms with Crippen LogP contribution < -0.4 is 16.0 Å². The SMILES string of the molecule is COC(CC(=O)NCCNc1ccc(NCCN(C)C)c2c1C(=O)c1c(O)ccc(O)c1C2=O)OC. The lowest BCUT2D eigenvalue weighted by molar-refractivity contribution is -0.139. The van der Waals surface area contributed by atoms with Crippen LogP contribution in [-0.4, -0.2) is 93.4 Å². The molecule has 0 saturated heterocycles. The maximum absolute atomic E-state index is 13.5. The molecule has 0 radical (unpaired) electrons. The van der Waals surface area contributed by atoms with Crippen molar-refractivity contribution in [1.82, 2.24) is 10.2 Å². The Morgan fingerprint density at radius 3 is 1.81 bits per heavy atom. The van der Waals surface area contributed by atoms with Crippen molar-refractivity contribution in [3.8, 4) is 11.5 Å². The second-order valence-electron chi connectivity index (χ2n) is 8.53. The van der Waals surface area contributed by atoms with Gasteiger partial charge in [-0.25, -0.2) is 0 Å². The Bertz CT molecular complexity index is 1150. The van der Waals surface area contributed by atoms with Crippen molar-refractivity contribution in [2.45, 2.75) is 12.7 Å². The Morgan fingerprint density at radius 2 is 1.33 bits per heavy atom. The van der Waals surface area contributed by atoms with Crippen LogP contribution in [0.25, 0.3) is 0 Å². The van der Waals surface area contributed by atoms with Gasteiger partial charge in [-0.1, -0.05) is 0 Å². The number of phenolic OH excluding ortho intramolecular Hbond substituents is 2. The highest BCUT2D eigenvalue weighted by atomic mass is 16.7. The number of hydrogen-bond donors (Lipinski definition) is 5. The van der Waals surface area contributed by atoms with E-state index in [1.807, 2.05) is 19.0 Å². The van der Waals surface area contributed by atoms with Gasteiger partial charge in [0.2, 0.25) is 17.5 Å². The molecule has 194 valence electrons. The van der Waals surface area contributed by atoms with Crippen LogP contribution in [0.3, 0.4) is 0 Å². The van der Waals surface area contributed by atoms with Gasteiger partial charge in [0.05, 0.1) is 28.7 Å². The third-order valence-corrected chi connectivity index (χ3v) is 5.79. The molecule has 2 aromatic carbocycles. The summed E-state index contributed by atoms with van der Waals surface area (Å²) in [5.74, 6) is -2.19. The number of aromatic hydroxyl groups is 2. The molecule has 0 saturated carbocycles. The number of nitrogens with one attached hydrogen (secondary N) is 3. The molecule has 11 nitrogen and oxygen atoms in total. The fraction of sp³-hybridized carbons (Fsp3) is 0.400. The first kappa shape index (κ1) is 26.9. The summed E-state index contributed by atoms with van der Waals surface area (Å²) < 4.78 is 10.0. The molecule has 1 aliphatic rings. The molecule has 11 heteroatoms. The average Bonchev–Trinajstić information content (AvgIpc) is 2.85. The van der Waals surface area contributed by atoms with Gasteiger partial charge in [0.25, 0.3) is 0 Å². The van der Waals surface area contributed by atoms with Crippen molar-refractivity contribution < 1.29 is 34.1 Å². The van der Waals surface area contributed by atoms with E-state index >= 15 is 0 Å². The summed E-state index contributed by atoms with van der Waals surface area (Å²) in [5, 5.41) is 29.7.